The number of methoxy groups -OCH3 is 1. The van der Waals surface area contributed by atoms with Crippen molar-refractivity contribution >= 4 is 5.97 Å². The number of hydrogen-bond donors (Lipinski definition) is 3. The van der Waals surface area contributed by atoms with Gasteiger partial charge in [0.15, 0.2) is 0 Å². The van der Waals surface area contributed by atoms with Crippen LogP contribution in [0.1, 0.15) is 20.8 Å². The summed E-state index contributed by atoms with van der Waals surface area (Å²) >= 11 is 0. The predicted octanol–water partition coefficient (Wildman–Crippen LogP) is 0.243. The molecule has 0 aliphatic heterocycles. The minimum absolute atomic E-state index is 0.139. The molecule has 0 aromatic carbocycles. The molecule has 0 aromatic heterocycles. The summed E-state index contributed by atoms with van der Waals surface area (Å²) in [5, 5.41) is 30.7. The van der Waals surface area contributed by atoms with Gasteiger partial charge in [-0.2, -0.15) is 5.26 Å². The van der Waals surface area contributed by atoms with Gasteiger partial charge in [0.05, 0.1) is 18.8 Å². The summed E-state index contributed by atoms with van der Waals surface area (Å²) in [6.45, 7) is 3.90. The van der Waals surface area contributed by atoms with Gasteiger partial charge in [-0.3, -0.25) is 4.79 Å². The highest BCUT2D eigenvalue weighted by atomic mass is 16.4. The van der Waals surface area contributed by atoms with Gasteiger partial charge in [0, 0.05) is 28.1 Å². The number of carboxylic acid groups (broad SMARTS) is 1. The van der Waals surface area contributed by atoms with Gasteiger partial charge in [-0.1, -0.05) is 0 Å². The van der Waals surface area contributed by atoms with Gasteiger partial charge in [-0.15, -0.1) is 0 Å². The SMILES string of the molecule is CC#N.CC(=O)O.CC(O)CO.COC. The van der Waals surface area contributed by atoms with Gasteiger partial charge in [-0.25, -0.2) is 0 Å². The Bertz CT molecular complexity index is 138. The van der Waals surface area contributed by atoms with Crippen molar-refractivity contribution in [3.63, 3.8) is 0 Å². The summed E-state index contributed by atoms with van der Waals surface area (Å²) in [6, 6.07) is 1.75. The number of rotatable bonds is 1. The fourth-order valence-electron chi connectivity index (χ4n) is 0. The van der Waals surface area contributed by atoms with E-state index in [0.29, 0.717) is 0 Å². The normalized spacial score (nSPS) is 8.40. The third-order valence-corrected chi connectivity index (χ3v) is 0.264. The molecule has 0 rings (SSSR count). The maximum absolute atomic E-state index is 9.00. The Morgan fingerprint density at radius 1 is 1.53 bits per heavy atom. The smallest absolute Gasteiger partial charge is 0.300 e. The van der Waals surface area contributed by atoms with Crippen LogP contribution >= 0.6 is 0 Å². The summed E-state index contributed by atoms with van der Waals surface area (Å²) < 4.78 is 4.25. The van der Waals surface area contributed by atoms with Crippen LogP contribution in [0.5, 0.6) is 0 Å². The Morgan fingerprint density at radius 2 is 1.60 bits per heavy atom. The first kappa shape index (κ1) is 23.6. The maximum Gasteiger partial charge on any atom is 0.300 e. The molecular formula is C9H21NO5. The number of hydrogen-bond acceptors (Lipinski definition) is 5. The van der Waals surface area contributed by atoms with Crippen LogP contribution in [0.15, 0.2) is 0 Å². The molecule has 0 aromatic rings. The molecule has 1 unspecified atom stereocenters. The molecule has 92 valence electrons. The lowest BCUT2D eigenvalue weighted by atomic mass is 10.5. The minimum Gasteiger partial charge on any atom is -0.481 e. The molecule has 0 saturated heterocycles. The number of carboxylic acids is 1. The van der Waals surface area contributed by atoms with Gasteiger partial charge in [0.1, 0.15) is 0 Å². The maximum atomic E-state index is 9.00. The van der Waals surface area contributed by atoms with Crippen molar-refractivity contribution < 1.29 is 24.9 Å². The van der Waals surface area contributed by atoms with Crippen LogP contribution in [0.4, 0.5) is 0 Å². The van der Waals surface area contributed by atoms with Crippen LogP contribution in [0.2, 0.25) is 0 Å². The van der Waals surface area contributed by atoms with Gasteiger partial charge in [-0.05, 0) is 6.92 Å². The molecule has 6 nitrogen and oxygen atoms in total. The summed E-state index contributed by atoms with van der Waals surface area (Å²) in [6.07, 6.45) is -0.560. The highest BCUT2D eigenvalue weighted by Gasteiger charge is 1.83. The van der Waals surface area contributed by atoms with Crippen molar-refractivity contribution in [1.29, 1.82) is 5.26 Å². The monoisotopic (exact) mass is 223 g/mol. The molecule has 15 heavy (non-hydrogen) atoms. The number of carbonyl (C=O) groups is 1. The van der Waals surface area contributed by atoms with Crippen molar-refractivity contribution in [3.8, 4) is 6.07 Å². The molecule has 6 heteroatoms. The summed E-state index contributed by atoms with van der Waals surface area (Å²) in [5.74, 6) is -0.833. The number of aliphatic carboxylic acids is 1. The van der Waals surface area contributed by atoms with Crippen molar-refractivity contribution in [2.45, 2.75) is 26.9 Å². The first-order valence-corrected chi connectivity index (χ1v) is 4.03. The van der Waals surface area contributed by atoms with Crippen LogP contribution in [0.3, 0.4) is 0 Å². The predicted molar refractivity (Wildman–Crippen MR) is 56.3 cm³/mol. The highest BCUT2D eigenvalue weighted by molar-refractivity contribution is 5.62. The zero-order valence-electron chi connectivity index (χ0n) is 9.89. The van der Waals surface area contributed by atoms with Crippen LogP contribution in [-0.4, -0.2) is 48.2 Å². The van der Waals surface area contributed by atoms with E-state index >= 15 is 0 Å². The summed E-state index contributed by atoms with van der Waals surface area (Å²) in [5.41, 5.74) is 0. The molecule has 1 atom stereocenters. The molecule has 0 fully saturated rings. The first-order chi connectivity index (χ1) is 6.83. The molecule has 0 spiro atoms. The largest absolute Gasteiger partial charge is 0.481 e. The molecule has 0 radical (unpaired) electrons. The first-order valence-electron chi connectivity index (χ1n) is 4.03. The van der Waals surface area contributed by atoms with Crippen molar-refractivity contribution in [2.24, 2.45) is 0 Å². The lowest BCUT2D eigenvalue weighted by Gasteiger charge is -1.90. The Hall–Kier alpha value is -1.16. The summed E-state index contributed by atoms with van der Waals surface area (Å²) in [7, 11) is 3.25. The fourth-order valence-corrected chi connectivity index (χ4v) is 0. The average Bonchev–Trinajstić information content (AvgIpc) is 2.06. The van der Waals surface area contributed by atoms with Gasteiger partial charge >= 0.3 is 0 Å². The Morgan fingerprint density at radius 3 is 1.60 bits per heavy atom. The Balaban J connectivity index is -0.0000000553. The fraction of sp³-hybridized carbons (Fsp3) is 0.778. The standard InChI is InChI=1S/C3H8O2.C2H3N.C2H4O2.C2H6O/c1-3(5)2-4;1-2-3;1-2(3)4;1-3-2/h3-5H,2H2,1H3;1H3;1H3,(H,3,4);1-2H3. The zero-order valence-corrected chi connectivity index (χ0v) is 9.89. The molecule has 0 amide bonds. The Kier molecular flexibility index (Phi) is 46.0. The lowest BCUT2D eigenvalue weighted by Crippen LogP contribution is -2.03. The van der Waals surface area contributed by atoms with E-state index in [0.717, 1.165) is 6.92 Å². The lowest BCUT2D eigenvalue weighted by molar-refractivity contribution is -0.134. The number of nitriles is 1. The quantitative estimate of drug-likeness (QED) is 0.587. The van der Waals surface area contributed by atoms with Gasteiger partial charge in [0.25, 0.3) is 5.97 Å². The number of ether oxygens (including phenoxy) is 1. The molecule has 0 saturated carbocycles. The third kappa shape index (κ3) is 2140. The van der Waals surface area contributed by atoms with Crippen molar-refractivity contribution in [3.05, 3.63) is 0 Å². The van der Waals surface area contributed by atoms with E-state index in [1.54, 1.807) is 20.3 Å². The van der Waals surface area contributed by atoms with Crippen molar-refractivity contribution in [2.75, 3.05) is 20.8 Å². The molecule has 0 aliphatic rings. The molecular weight excluding hydrogens is 202 g/mol. The van der Waals surface area contributed by atoms with E-state index in [1.165, 1.54) is 13.8 Å². The highest BCUT2D eigenvalue weighted by Crippen LogP contribution is 1.68. The minimum atomic E-state index is -0.833. The van der Waals surface area contributed by atoms with Crippen molar-refractivity contribution in [1.82, 2.24) is 0 Å². The third-order valence-electron chi connectivity index (χ3n) is 0.264. The van der Waals surface area contributed by atoms with Crippen LogP contribution < -0.4 is 0 Å². The zero-order chi connectivity index (χ0) is 13.3. The van der Waals surface area contributed by atoms with E-state index in [1.807, 2.05) is 0 Å². The van der Waals surface area contributed by atoms with Crippen LogP contribution in [0.25, 0.3) is 0 Å². The van der Waals surface area contributed by atoms with E-state index in [4.69, 9.17) is 25.4 Å². The van der Waals surface area contributed by atoms with Gasteiger partial charge < -0.3 is 20.1 Å². The molecule has 0 heterocycles. The molecule has 0 bridgehead atoms. The second-order valence-corrected chi connectivity index (χ2v) is 2.18. The number of nitrogens with zero attached hydrogens (tertiary/aromatic N) is 1. The topological polar surface area (TPSA) is 111 Å². The second-order valence-electron chi connectivity index (χ2n) is 2.18. The average molecular weight is 223 g/mol. The second kappa shape index (κ2) is 29.3. The van der Waals surface area contributed by atoms with E-state index in [-0.39, 0.29) is 6.61 Å². The van der Waals surface area contributed by atoms with Gasteiger partial charge in [0.2, 0.25) is 0 Å². The van der Waals surface area contributed by atoms with Crippen LogP contribution in [-0.2, 0) is 9.53 Å². The number of aliphatic hydroxyl groups is 2. The Labute approximate surface area is 90.7 Å². The van der Waals surface area contributed by atoms with E-state index < -0.39 is 12.1 Å². The van der Waals surface area contributed by atoms with E-state index in [9.17, 15) is 0 Å². The molecule has 3 N–H and O–H groups in total. The number of aliphatic hydroxyl groups excluding tert-OH is 2. The summed E-state index contributed by atoms with van der Waals surface area (Å²) in [4.78, 5) is 9.00. The van der Waals surface area contributed by atoms with Crippen LogP contribution in [0, 0.1) is 11.3 Å². The molecule has 0 aliphatic carbocycles. The van der Waals surface area contributed by atoms with E-state index in [2.05, 4.69) is 4.74 Å².